The molecule has 9 heteroatoms. The Morgan fingerprint density at radius 2 is 2.10 bits per heavy atom. The van der Waals surface area contributed by atoms with Crippen LogP contribution in [0, 0.1) is 0 Å². The van der Waals surface area contributed by atoms with Gasteiger partial charge in [-0.3, -0.25) is 0 Å². The molecule has 0 radical (unpaired) electrons. The number of nitrogens with zero attached hydrogens (tertiary/aromatic N) is 2. The molecule has 1 aliphatic heterocycles. The first-order valence-corrected chi connectivity index (χ1v) is 7.19. The van der Waals surface area contributed by atoms with Crippen molar-refractivity contribution >= 4 is 16.4 Å². The molecule has 0 bridgehead atoms. The molecule has 1 atom stereocenters. The molecule has 0 amide bonds. The molecule has 110 valence electrons. The lowest BCUT2D eigenvalue weighted by Crippen LogP contribution is -2.49. The number of hydrogen-bond donors (Lipinski definition) is 1. The number of ether oxygens (including phenoxy) is 1. The van der Waals surface area contributed by atoms with Gasteiger partial charge in [0.1, 0.15) is 0 Å². The molecule has 1 aliphatic rings. The van der Waals surface area contributed by atoms with E-state index in [1.807, 2.05) is 30.3 Å². The van der Waals surface area contributed by atoms with Crippen molar-refractivity contribution in [3.8, 4) is 0 Å². The fourth-order valence-electron chi connectivity index (χ4n) is 1.56. The van der Waals surface area contributed by atoms with E-state index in [9.17, 15) is 8.42 Å². The third kappa shape index (κ3) is 3.83. The second-order valence-corrected chi connectivity index (χ2v) is 5.30. The molecular formula is C11H15N3O5S. The first-order valence-electron chi connectivity index (χ1n) is 5.85. The molecule has 0 aromatic heterocycles. The molecule has 0 saturated carbocycles. The lowest BCUT2D eigenvalue weighted by Gasteiger charge is -2.28. The van der Waals surface area contributed by atoms with Crippen molar-refractivity contribution in [1.82, 2.24) is 5.06 Å². The second kappa shape index (κ2) is 6.07. The smallest absolute Gasteiger partial charge is 0.375 e. The SMILES string of the molecule is CC(COCc1ccccc1)N1OS(=O)(=O)ON=C1N. The van der Waals surface area contributed by atoms with Crippen LogP contribution >= 0.6 is 0 Å². The summed E-state index contributed by atoms with van der Waals surface area (Å²) in [6.07, 6.45) is 0. The maximum atomic E-state index is 11.1. The molecule has 0 saturated heterocycles. The standard InChI is InChI=1S/C11H15N3O5S/c1-9(7-17-8-10-5-3-2-4-6-10)14-11(12)13-18-20(15,16)19-14/h2-6,9H,7-8H2,1H3,(H2,12,13). The average Bonchev–Trinajstić information content (AvgIpc) is 2.42. The van der Waals surface area contributed by atoms with Gasteiger partial charge in [0.15, 0.2) is 0 Å². The van der Waals surface area contributed by atoms with E-state index < -0.39 is 16.4 Å². The van der Waals surface area contributed by atoms with Crippen molar-refractivity contribution in [2.75, 3.05) is 6.61 Å². The molecule has 8 nitrogen and oxygen atoms in total. The van der Waals surface area contributed by atoms with Crippen LogP contribution < -0.4 is 5.73 Å². The van der Waals surface area contributed by atoms with Crippen molar-refractivity contribution in [3.63, 3.8) is 0 Å². The zero-order valence-electron chi connectivity index (χ0n) is 10.8. The van der Waals surface area contributed by atoms with Gasteiger partial charge in [-0.25, -0.2) is 4.28 Å². The highest BCUT2D eigenvalue weighted by Crippen LogP contribution is 2.13. The molecule has 2 N–H and O–H groups in total. The Morgan fingerprint density at radius 3 is 2.80 bits per heavy atom. The van der Waals surface area contributed by atoms with Crippen molar-refractivity contribution in [2.24, 2.45) is 10.9 Å². The summed E-state index contributed by atoms with van der Waals surface area (Å²) >= 11 is 0. The Labute approximate surface area is 117 Å². The fourth-order valence-corrected chi connectivity index (χ4v) is 2.18. The van der Waals surface area contributed by atoms with E-state index in [0.717, 1.165) is 10.6 Å². The third-order valence-electron chi connectivity index (χ3n) is 2.49. The van der Waals surface area contributed by atoms with Gasteiger partial charge < -0.3 is 10.5 Å². The molecular weight excluding hydrogens is 286 g/mol. The normalized spacial score (nSPS) is 19.1. The molecule has 1 aromatic rings. The van der Waals surface area contributed by atoms with Gasteiger partial charge in [0, 0.05) is 0 Å². The van der Waals surface area contributed by atoms with Crippen molar-refractivity contribution in [1.29, 1.82) is 0 Å². The van der Waals surface area contributed by atoms with Gasteiger partial charge in [0.25, 0.3) is 5.96 Å². The summed E-state index contributed by atoms with van der Waals surface area (Å²) < 4.78 is 36.4. The fraction of sp³-hybridized carbons (Fsp3) is 0.364. The molecule has 2 rings (SSSR count). The van der Waals surface area contributed by atoms with E-state index in [1.165, 1.54) is 0 Å². The number of oxime groups is 1. The minimum atomic E-state index is -4.18. The van der Waals surface area contributed by atoms with Gasteiger partial charge in [-0.1, -0.05) is 30.3 Å². The number of guanidine groups is 1. The number of benzene rings is 1. The van der Waals surface area contributed by atoms with Gasteiger partial charge in [0.05, 0.1) is 19.3 Å². The number of hydroxylamine groups is 2. The van der Waals surface area contributed by atoms with Crippen LogP contribution in [0.4, 0.5) is 0 Å². The largest absolute Gasteiger partial charge is 0.491 e. The third-order valence-corrected chi connectivity index (χ3v) is 3.09. The van der Waals surface area contributed by atoms with Gasteiger partial charge in [0.2, 0.25) is 0 Å². The highest BCUT2D eigenvalue weighted by atomic mass is 32.3. The van der Waals surface area contributed by atoms with Crippen LogP contribution in [0.5, 0.6) is 0 Å². The van der Waals surface area contributed by atoms with Gasteiger partial charge in [-0.05, 0) is 17.6 Å². The highest BCUT2D eigenvalue weighted by molar-refractivity contribution is 7.81. The summed E-state index contributed by atoms with van der Waals surface area (Å²) in [5, 5.41) is 4.14. The number of nitrogens with two attached hydrogens (primary N) is 1. The van der Waals surface area contributed by atoms with Gasteiger partial charge in [-0.2, -0.15) is 13.5 Å². The maximum Gasteiger partial charge on any atom is 0.491 e. The first-order chi connectivity index (χ1) is 9.48. The van der Waals surface area contributed by atoms with E-state index in [-0.39, 0.29) is 12.6 Å². The van der Waals surface area contributed by atoms with Crippen LogP contribution in [-0.2, 0) is 30.3 Å². The van der Waals surface area contributed by atoms with Gasteiger partial charge >= 0.3 is 10.4 Å². The van der Waals surface area contributed by atoms with Crippen molar-refractivity contribution < 1.29 is 21.7 Å². The summed E-state index contributed by atoms with van der Waals surface area (Å²) in [6.45, 7) is 2.30. The molecule has 0 spiro atoms. The summed E-state index contributed by atoms with van der Waals surface area (Å²) in [4.78, 5) is 0. The van der Waals surface area contributed by atoms with Crippen LogP contribution in [0.15, 0.2) is 35.5 Å². The Balaban J connectivity index is 1.87. The zero-order valence-corrected chi connectivity index (χ0v) is 11.6. The van der Waals surface area contributed by atoms with E-state index in [4.69, 9.17) is 10.5 Å². The summed E-state index contributed by atoms with van der Waals surface area (Å²) in [6, 6.07) is 9.14. The molecule has 0 fully saturated rings. The summed E-state index contributed by atoms with van der Waals surface area (Å²) in [5.74, 6) is -0.185. The monoisotopic (exact) mass is 301 g/mol. The Bertz CT molecular complexity index is 575. The van der Waals surface area contributed by atoms with Crippen LogP contribution in [0.1, 0.15) is 12.5 Å². The van der Waals surface area contributed by atoms with Crippen LogP contribution in [-0.4, -0.2) is 32.1 Å². The van der Waals surface area contributed by atoms with E-state index in [2.05, 4.69) is 13.7 Å². The molecule has 1 unspecified atom stereocenters. The topological polar surface area (TPSA) is 103 Å². The minimum Gasteiger partial charge on any atom is -0.375 e. The summed E-state index contributed by atoms with van der Waals surface area (Å²) in [7, 11) is -4.18. The Morgan fingerprint density at radius 1 is 1.40 bits per heavy atom. The molecule has 1 aromatic carbocycles. The molecule has 1 heterocycles. The highest BCUT2D eigenvalue weighted by Gasteiger charge is 2.31. The van der Waals surface area contributed by atoms with Crippen LogP contribution in [0.25, 0.3) is 0 Å². The Hall–Kier alpha value is -1.84. The second-order valence-electron chi connectivity index (χ2n) is 4.18. The summed E-state index contributed by atoms with van der Waals surface area (Å²) in [5.41, 5.74) is 6.50. The maximum absolute atomic E-state index is 11.1. The van der Waals surface area contributed by atoms with Gasteiger partial charge in [-0.15, -0.1) is 4.28 Å². The van der Waals surface area contributed by atoms with E-state index in [1.54, 1.807) is 6.92 Å². The zero-order chi connectivity index (χ0) is 14.6. The minimum absolute atomic E-state index is 0.185. The predicted octanol–water partition coefficient (Wildman–Crippen LogP) is 0.330. The lowest BCUT2D eigenvalue weighted by molar-refractivity contribution is -0.0686. The van der Waals surface area contributed by atoms with E-state index in [0.29, 0.717) is 6.61 Å². The molecule has 20 heavy (non-hydrogen) atoms. The quantitative estimate of drug-likeness (QED) is 0.835. The predicted molar refractivity (Wildman–Crippen MR) is 70.1 cm³/mol. The molecule has 0 aliphatic carbocycles. The number of rotatable bonds is 5. The Kier molecular flexibility index (Phi) is 4.42. The van der Waals surface area contributed by atoms with E-state index >= 15 is 0 Å². The average molecular weight is 301 g/mol. The van der Waals surface area contributed by atoms with Crippen LogP contribution in [0.2, 0.25) is 0 Å². The van der Waals surface area contributed by atoms with Crippen molar-refractivity contribution in [2.45, 2.75) is 19.6 Å². The van der Waals surface area contributed by atoms with Crippen LogP contribution in [0.3, 0.4) is 0 Å². The lowest BCUT2D eigenvalue weighted by atomic mass is 10.2. The number of hydrogen-bond acceptors (Lipinski definition) is 8. The van der Waals surface area contributed by atoms with Crippen molar-refractivity contribution in [3.05, 3.63) is 35.9 Å². The first kappa shape index (κ1) is 14.6.